The van der Waals surface area contributed by atoms with Crippen molar-refractivity contribution >= 4 is 22.8 Å². The zero-order valence-corrected chi connectivity index (χ0v) is 12.6. The van der Waals surface area contributed by atoms with Crippen molar-refractivity contribution in [2.45, 2.75) is 19.9 Å². The van der Waals surface area contributed by atoms with Crippen molar-refractivity contribution in [2.75, 3.05) is 11.9 Å². The van der Waals surface area contributed by atoms with Gasteiger partial charge in [-0.25, -0.2) is 9.78 Å². The number of nitrogens with zero attached hydrogens (tertiary/aromatic N) is 3. The first kappa shape index (κ1) is 13.7. The van der Waals surface area contributed by atoms with E-state index in [0.29, 0.717) is 12.5 Å². The number of imidazole rings is 1. The van der Waals surface area contributed by atoms with Gasteiger partial charge in [-0.1, -0.05) is 26.0 Å². The summed E-state index contributed by atoms with van der Waals surface area (Å²) in [6.07, 6.45) is 5.92. The molecule has 0 aliphatic carbocycles. The third-order valence-corrected chi connectivity index (χ3v) is 3.92. The Kier molecular flexibility index (Phi) is 3.41. The Hall–Kier alpha value is -2.30. The molecule has 0 saturated carbocycles. The Morgan fingerprint density at radius 2 is 2.24 bits per heavy atom. The van der Waals surface area contributed by atoms with E-state index in [4.69, 9.17) is 0 Å². The molecule has 1 aromatic carbocycles. The minimum Gasteiger partial charge on any atom is -0.334 e. The maximum atomic E-state index is 12.4. The lowest BCUT2D eigenvalue weighted by molar-refractivity contribution is 0.199. The molecule has 1 atom stereocenters. The lowest BCUT2D eigenvalue weighted by atomic mass is 10.1. The molecule has 1 N–H and O–H groups in total. The summed E-state index contributed by atoms with van der Waals surface area (Å²) in [5.74, 6) is 0.410. The van der Waals surface area contributed by atoms with Crippen molar-refractivity contribution < 1.29 is 4.79 Å². The fraction of sp³-hybridized carbons (Fsp3) is 0.375. The monoisotopic (exact) mass is 284 g/mol. The summed E-state index contributed by atoms with van der Waals surface area (Å²) in [7, 11) is 1.96. The van der Waals surface area contributed by atoms with Crippen LogP contribution in [0.3, 0.4) is 0 Å². The normalized spacial score (nSPS) is 17.9. The van der Waals surface area contributed by atoms with Crippen LogP contribution < -0.4 is 5.32 Å². The lowest BCUT2D eigenvalue weighted by Gasteiger charge is -2.27. The van der Waals surface area contributed by atoms with Crippen LogP contribution in [0.5, 0.6) is 0 Å². The van der Waals surface area contributed by atoms with Crippen LogP contribution in [0.1, 0.15) is 13.8 Å². The van der Waals surface area contributed by atoms with E-state index in [9.17, 15) is 4.79 Å². The second-order valence-corrected chi connectivity index (χ2v) is 5.80. The minimum atomic E-state index is -0.0611. The molecule has 1 aliphatic rings. The summed E-state index contributed by atoms with van der Waals surface area (Å²) in [5, 5.41) is 2.97. The number of amides is 2. The molecule has 0 saturated heterocycles. The number of aromatic nitrogens is 2. The predicted octanol–water partition coefficient (Wildman–Crippen LogP) is 3.00. The van der Waals surface area contributed by atoms with Gasteiger partial charge in [0.2, 0.25) is 0 Å². The van der Waals surface area contributed by atoms with Crippen LogP contribution in [0.15, 0.2) is 36.7 Å². The molecule has 1 unspecified atom stereocenters. The number of hydrogen-bond donors (Lipinski definition) is 1. The highest BCUT2D eigenvalue weighted by molar-refractivity contribution is 5.92. The molecule has 21 heavy (non-hydrogen) atoms. The Balaban J connectivity index is 1.77. The first-order valence-corrected chi connectivity index (χ1v) is 7.21. The molecule has 0 fully saturated rings. The molecule has 2 heterocycles. The van der Waals surface area contributed by atoms with Crippen molar-refractivity contribution in [3.63, 3.8) is 0 Å². The number of nitrogens with one attached hydrogen (secondary N) is 1. The summed E-state index contributed by atoms with van der Waals surface area (Å²) in [6, 6.07) is 5.90. The van der Waals surface area contributed by atoms with Gasteiger partial charge in [0.25, 0.3) is 0 Å². The summed E-state index contributed by atoms with van der Waals surface area (Å²) < 4.78 is 1.96. The molecule has 110 valence electrons. The Morgan fingerprint density at radius 3 is 3.00 bits per heavy atom. The number of urea groups is 1. The van der Waals surface area contributed by atoms with Gasteiger partial charge in [0.1, 0.15) is 0 Å². The van der Waals surface area contributed by atoms with Crippen molar-refractivity contribution in [1.29, 1.82) is 0 Å². The van der Waals surface area contributed by atoms with Gasteiger partial charge in [-0.3, -0.25) is 0 Å². The smallest absolute Gasteiger partial charge is 0.322 e. The van der Waals surface area contributed by atoms with Crippen LogP contribution in [0.2, 0.25) is 0 Å². The standard InChI is InChI=1S/C16H20N4O/c1-11(2)14-5-4-8-20(14)16(21)18-12-6-7-15-13(9-12)17-10-19(15)3/h4-7,9-11,14H,8H2,1-3H3,(H,18,21). The van der Waals surface area contributed by atoms with Gasteiger partial charge in [0.05, 0.1) is 23.4 Å². The highest BCUT2D eigenvalue weighted by atomic mass is 16.2. The highest BCUT2D eigenvalue weighted by Gasteiger charge is 2.27. The number of rotatable bonds is 2. The number of fused-ring (bicyclic) bond motifs is 1. The molecule has 0 spiro atoms. The summed E-state index contributed by atoms with van der Waals surface area (Å²) in [6.45, 7) is 4.92. The summed E-state index contributed by atoms with van der Waals surface area (Å²) >= 11 is 0. The minimum absolute atomic E-state index is 0.0611. The number of carbonyl (C=O) groups excluding carboxylic acids is 1. The van der Waals surface area contributed by atoms with Crippen molar-refractivity contribution in [3.8, 4) is 0 Å². The molecule has 2 amide bonds. The van der Waals surface area contributed by atoms with Crippen LogP contribution >= 0.6 is 0 Å². The van der Waals surface area contributed by atoms with E-state index >= 15 is 0 Å². The third-order valence-electron chi connectivity index (χ3n) is 3.92. The highest BCUT2D eigenvalue weighted by Crippen LogP contribution is 2.21. The molecule has 2 aromatic rings. The van der Waals surface area contributed by atoms with Crippen LogP contribution in [0.25, 0.3) is 11.0 Å². The molecular weight excluding hydrogens is 264 g/mol. The number of anilines is 1. The van der Waals surface area contributed by atoms with E-state index in [1.165, 1.54) is 0 Å². The molecule has 1 aromatic heterocycles. The second kappa shape index (κ2) is 5.24. The van der Waals surface area contributed by atoms with Crippen LogP contribution in [-0.2, 0) is 7.05 Å². The van der Waals surface area contributed by atoms with Crippen LogP contribution in [0, 0.1) is 5.92 Å². The van der Waals surface area contributed by atoms with Crippen LogP contribution in [0.4, 0.5) is 10.5 Å². The summed E-state index contributed by atoms with van der Waals surface area (Å²) in [5.41, 5.74) is 2.71. The Morgan fingerprint density at radius 1 is 1.43 bits per heavy atom. The van der Waals surface area contributed by atoms with Gasteiger partial charge in [0.15, 0.2) is 0 Å². The Bertz CT molecular complexity index is 701. The second-order valence-electron chi connectivity index (χ2n) is 5.80. The largest absolute Gasteiger partial charge is 0.334 e. The van der Waals surface area contributed by atoms with Gasteiger partial charge < -0.3 is 14.8 Å². The van der Waals surface area contributed by atoms with E-state index in [1.807, 2.05) is 40.8 Å². The van der Waals surface area contributed by atoms with Gasteiger partial charge in [0, 0.05) is 19.3 Å². The first-order chi connectivity index (χ1) is 10.1. The zero-order chi connectivity index (χ0) is 15.0. The number of hydrogen-bond acceptors (Lipinski definition) is 2. The molecule has 0 bridgehead atoms. The van der Waals surface area contributed by atoms with Crippen molar-refractivity contribution in [1.82, 2.24) is 14.5 Å². The quantitative estimate of drug-likeness (QED) is 0.862. The van der Waals surface area contributed by atoms with Gasteiger partial charge in [-0.2, -0.15) is 0 Å². The van der Waals surface area contributed by atoms with E-state index < -0.39 is 0 Å². The lowest BCUT2D eigenvalue weighted by Crippen LogP contribution is -2.41. The summed E-state index contributed by atoms with van der Waals surface area (Å²) in [4.78, 5) is 18.6. The van der Waals surface area contributed by atoms with E-state index in [-0.39, 0.29) is 12.1 Å². The predicted molar refractivity (Wildman–Crippen MR) is 84.2 cm³/mol. The maximum Gasteiger partial charge on any atom is 0.322 e. The average molecular weight is 284 g/mol. The number of aryl methyl sites for hydroxylation is 1. The fourth-order valence-electron chi connectivity index (χ4n) is 2.75. The van der Waals surface area contributed by atoms with Crippen molar-refractivity contribution in [3.05, 3.63) is 36.7 Å². The van der Waals surface area contributed by atoms with Gasteiger partial charge in [-0.05, 0) is 24.1 Å². The number of carbonyl (C=O) groups is 1. The Labute approximate surface area is 124 Å². The molecule has 3 rings (SSSR count). The molecule has 5 heteroatoms. The molecule has 1 aliphatic heterocycles. The zero-order valence-electron chi connectivity index (χ0n) is 12.6. The number of benzene rings is 1. The van der Waals surface area contributed by atoms with E-state index in [0.717, 1.165) is 16.7 Å². The van der Waals surface area contributed by atoms with Crippen LogP contribution in [-0.4, -0.2) is 33.1 Å². The molecule has 5 nitrogen and oxygen atoms in total. The van der Waals surface area contributed by atoms with E-state index in [1.54, 1.807) is 6.33 Å². The SMILES string of the molecule is CC(C)C1C=CCN1C(=O)Nc1ccc2c(c1)ncn2C. The average Bonchev–Trinajstić information content (AvgIpc) is 3.06. The molecule has 0 radical (unpaired) electrons. The maximum absolute atomic E-state index is 12.4. The van der Waals surface area contributed by atoms with Gasteiger partial charge >= 0.3 is 6.03 Å². The molecular formula is C16H20N4O. The topological polar surface area (TPSA) is 50.2 Å². The fourth-order valence-corrected chi connectivity index (χ4v) is 2.75. The third kappa shape index (κ3) is 2.51. The van der Waals surface area contributed by atoms with Gasteiger partial charge in [-0.15, -0.1) is 0 Å². The van der Waals surface area contributed by atoms with Crippen molar-refractivity contribution in [2.24, 2.45) is 13.0 Å². The van der Waals surface area contributed by atoms with E-state index in [2.05, 4.69) is 30.2 Å². The first-order valence-electron chi connectivity index (χ1n) is 7.21.